The van der Waals surface area contributed by atoms with E-state index in [0.29, 0.717) is 23.6 Å². The average molecular weight is 453 g/mol. The number of hydrogen-bond acceptors (Lipinski definition) is 5. The fraction of sp³-hybridized carbons (Fsp3) is 0.0909. The molecule has 0 bridgehead atoms. The van der Waals surface area contributed by atoms with E-state index >= 15 is 0 Å². The molecule has 0 spiro atoms. The first-order valence-electron chi connectivity index (χ1n) is 9.47. The topological polar surface area (TPSA) is 93.1 Å². The van der Waals surface area contributed by atoms with Crippen molar-refractivity contribution in [3.63, 3.8) is 0 Å². The zero-order valence-electron chi connectivity index (χ0n) is 16.6. The van der Waals surface area contributed by atoms with Crippen LogP contribution in [-0.4, -0.2) is 24.1 Å². The number of aromatic nitrogens is 2. The first-order chi connectivity index (χ1) is 14.9. The van der Waals surface area contributed by atoms with Gasteiger partial charge in [-0.05, 0) is 48.2 Å². The molecule has 0 aliphatic carbocycles. The number of thiophene rings is 1. The SMILES string of the molecule is Cc1cc(NC(=O)c2ccc(NS(=O)(=O)c3cccs3)cc2)n(Cc2ccccc2)n1. The van der Waals surface area contributed by atoms with Crippen molar-refractivity contribution < 1.29 is 13.2 Å². The van der Waals surface area contributed by atoms with Gasteiger partial charge in [0.25, 0.3) is 15.9 Å². The number of nitrogens with one attached hydrogen (secondary N) is 2. The maximum absolute atomic E-state index is 12.7. The fourth-order valence-electron chi connectivity index (χ4n) is 3.02. The zero-order chi connectivity index (χ0) is 21.8. The van der Waals surface area contributed by atoms with Gasteiger partial charge in [0, 0.05) is 17.3 Å². The molecule has 2 N–H and O–H groups in total. The highest BCUT2D eigenvalue weighted by atomic mass is 32.2. The fourth-order valence-corrected chi connectivity index (χ4v) is 5.07. The van der Waals surface area contributed by atoms with E-state index in [9.17, 15) is 13.2 Å². The summed E-state index contributed by atoms with van der Waals surface area (Å²) in [5.74, 6) is 0.288. The number of carbonyl (C=O) groups is 1. The van der Waals surface area contributed by atoms with Gasteiger partial charge in [-0.3, -0.25) is 9.52 Å². The summed E-state index contributed by atoms with van der Waals surface area (Å²) in [6.07, 6.45) is 0. The maximum atomic E-state index is 12.7. The first kappa shape index (κ1) is 20.8. The Bertz CT molecular complexity index is 1280. The molecule has 2 aromatic carbocycles. The van der Waals surface area contributed by atoms with Crippen molar-refractivity contribution in [3.8, 4) is 0 Å². The van der Waals surface area contributed by atoms with E-state index in [4.69, 9.17) is 0 Å². The van der Waals surface area contributed by atoms with Crippen LogP contribution in [0.3, 0.4) is 0 Å². The molecule has 0 aliphatic rings. The van der Waals surface area contributed by atoms with Crippen LogP contribution in [0, 0.1) is 6.92 Å². The molecule has 0 radical (unpaired) electrons. The van der Waals surface area contributed by atoms with Crippen LogP contribution in [0.1, 0.15) is 21.6 Å². The normalized spacial score (nSPS) is 11.3. The Labute approximate surface area is 184 Å². The van der Waals surface area contributed by atoms with E-state index in [1.807, 2.05) is 43.3 Å². The molecular formula is C22H20N4O3S2. The van der Waals surface area contributed by atoms with Crippen molar-refractivity contribution >= 4 is 38.8 Å². The second-order valence-corrected chi connectivity index (χ2v) is 9.74. The van der Waals surface area contributed by atoms with Crippen molar-refractivity contribution in [2.45, 2.75) is 17.7 Å². The van der Waals surface area contributed by atoms with Gasteiger partial charge in [-0.2, -0.15) is 5.10 Å². The molecule has 4 rings (SSSR count). The average Bonchev–Trinajstić information content (AvgIpc) is 3.40. The van der Waals surface area contributed by atoms with Crippen LogP contribution < -0.4 is 10.0 Å². The summed E-state index contributed by atoms with van der Waals surface area (Å²) in [7, 11) is -3.63. The van der Waals surface area contributed by atoms with Gasteiger partial charge in [-0.25, -0.2) is 13.1 Å². The Morgan fingerprint density at radius 1 is 1.03 bits per heavy atom. The van der Waals surface area contributed by atoms with E-state index < -0.39 is 10.0 Å². The maximum Gasteiger partial charge on any atom is 0.271 e. The quantitative estimate of drug-likeness (QED) is 0.436. The smallest absolute Gasteiger partial charge is 0.271 e. The molecule has 31 heavy (non-hydrogen) atoms. The van der Waals surface area contributed by atoms with E-state index in [2.05, 4.69) is 15.1 Å². The highest BCUT2D eigenvalue weighted by Crippen LogP contribution is 2.21. The molecule has 2 aromatic heterocycles. The monoisotopic (exact) mass is 452 g/mol. The van der Waals surface area contributed by atoms with Crippen molar-refractivity contribution in [1.82, 2.24) is 9.78 Å². The van der Waals surface area contributed by atoms with Crippen molar-refractivity contribution in [3.05, 3.63) is 95.0 Å². The van der Waals surface area contributed by atoms with Crippen molar-refractivity contribution in [1.29, 1.82) is 0 Å². The van der Waals surface area contributed by atoms with Crippen LogP contribution >= 0.6 is 11.3 Å². The molecule has 1 amide bonds. The summed E-state index contributed by atoms with van der Waals surface area (Å²) < 4.78 is 29.1. The van der Waals surface area contributed by atoms with Crippen LogP contribution in [0.4, 0.5) is 11.5 Å². The molecule has 0 atom stereocenters. The third-order valence-electron chi connectivity index (χ3n) is 4.48. The third-order valence-corrected chi connectivity index (χ3v) is 7.26. The lowest BCUT2D eigenvalue weighted by Crippen LogP contribution is -2.16. The molecule has 0 aliphatic heterocycles. The second kappa shape index (κ2) is 8.75. The van der Waals surface area contributed by atoms with E-state index in [1.54, 1.807) is 40.4 Å². The van der Waals surface area contributed by atoms with E-state index in [1.165, 1.54) is 6.07 Å². The minimum absolute atomic E-state index is 0.233. The Morgan fingerprint density at radius 2 is 1.77 bits per heavy atom. The number of rotatable bonds is 7. The van der Waals surface area contributed by atoms with Gasteiger partial charge < -0.3 is 5.32 Å². The lowest BCUT2D eigenvalue weighted by Gasteiger charge is -2.10. The minimum Gasteiger partial charge on any atom is -0.307 e. The number of sulfonamides is 1. The Kier molecular flexibility index (Phi) is 5.88. The zero-order valence-corrected chi connectivity index (χ0v) is 18.3. The number of carbonyl (C=O) groups excluding carboxylic acids is 1. The third kappa shape index (κ3) is 5.01. The summed E-state index contributed by atoms with van der Waals surface area (Å²) in [4.78, 5) is 12.7. The summed E-state index contributed by atoms with van der Waals surface area (Å²) in [5.41, 5.74) is 2.66. The predicted octanol–water partition coefficient (Wildman–Crippen LogP) is 4.35. The summed E-state index contributed by atoms with van der Waals surface area (Å²) >= 11 is 1.14. The number of anilines is 2. The summed E-state index contributed by atoms with van der Waals surface area (Å²) in [6.45, 7) is 2.40. The van der Waals surface area contributed by atoms with Crippen molar-refractivity contribution in [2.24, 2.45) is 0 Å². The van der Waals surface area contributed by atoms with Gasteiger partial charge in [0.05, 0.1) is 12.2 Å². The highest BCUT2D eigenvalue weighted by Gasteiger charge is 2.16. The van der Waals surface area contributed by atoms with Gasteiger partial charge in [-0.15, -0.1) is 11.3 Å². The van der Waals surface area contributed by atoms with Gasteiger partial charge >= 0.3 is 0 Å². The van der Waals surface area contributed by atoms with Crippen LogP contribution in [0.25, 0.3) is 0 Å². The van der Waals surface area contributed by atoms with Gasteiger partial charge in [0.1, 0.15) is 10.0 Å². The van der Waals surface area contributed by atoms with Crippen LogP contribution in [0.15, 0.2) is 82.4 Å². The molecule has 9 heteroatoms. The molecule has 0 saturated carbocycles. The molecule has 158 valence electrons. The Morgan fingerprint density at radius 3 is 2.45 bits per heavy atom. The summed E-state index contributed by atoms with van der Waals surface area (Å²) in [5, 5.41) is 9.04. The molecular weight excluding hydrogens is 432 g/mol. The Hall–Kier alpha value is -3.43. The standard InChI is InChI=1S/C22H20N4O3S2/c1-16-14-20(26(24-16)15-17-6-3-2-4-7-17)23-22(27)18-9-11-19(12-10-18)25-31(28,29)21-8-5-13-30-21/h2-14,25H,15H2,1H3,(H,23,27). The van der Waals surface area contributed by atoms with Gasteiger partial charge in [0.15, 0.2) is 0 Å². The molecule has 0 fully saturated rings. The van der Waals surface area contributed by atoms with Crippen molar-refractivity contribution in [2.75, 3.05) is 10.0 Å². The molecule has 4 aromatic rings. The number of hydrogen-bond donors (Lipinski definition) is 2. The number of benzene rings is 2. The van der Waals surface area contributed by atoms with Crippen LogP contribution in [-0.2, 0) is 16.6 Å². The highest BCUT2D eigenvalue weighted by molar-refractivity contribution is 7.94. The minimum atomic E-state index is -3.63. The van der Waals surface area contributed by atoms with Gasteiger partial charge in [0.2, 0.25) is 0 Å². The molecule has 2 heterocycles. The lowest BCUT2D eigenvalue weighted by molar-refractivity contribution is 0.102. The lowest BCUT2D eigenvalue weighted by atomic mass is 10.2. The second-order valence-electron chi connectivity index (χ2n) is 6.88. The van der Waals surface area contributed by atoms with Crippen LogP contribution in [0.5, 0.6) is 0 Å². The number of aryl methyl sites for hydroxylation is 1. The largest absolute Gasteiger partial charge is 0.307 e. The van der Waals surface area contributed by atoms with E-state index in [0.717, 1.165) is 22.6 Å². The Balaban J connectivity index is 1.46. The molecule has 7 nitrogen and oxygen atoms in total. The summed E-state index contributed by atoms with van der Waals surface area (Å²) in [6, 6.07) is 21.2. The van der Waals surface area contributed by atoms with Gasteiger partial charge in [-0.1, -0.05) is 36.4 Å². The first-order valence-corrected chi connectivity index (χ1v) is 11.8. The molecule has 0 saturated heterocycles. The van der Waals surface area contributed by atoms with E-state index in [-0.39, 0.29) is 10.1 Å². The number of amides is 1. The molecule has 0 unspecified atom stereocenters. The predicted molar refractivity (Wildman–Crippen MR) is 122 cm³/mol. The van der Waals surface area contributed by atoms with Crippen LogP contribution in [0.2, 0.25) is 0 Å². The number of nitrogens with zero attached hydrogens (tertiary/aromatic N) is 2.